The van der Waals surface area contributed by atoms with E-state index < -0.39 is 11.7 Å². The maximum Gasteiger partial charge on any atom is 0.404 e. The summed E-state index contributed by atoms with van der Waals surface area (Å²) in [6.07, 6.45) is -0.225. The van der Waals surface area contributed by atoms with Gasteiger partial charge in [0.2, 0.25) is 0 Å². The standard InChI is InChI=1S/C14H16N2O5S/c1-8-6-9(19-2)7-10-11(8)12(17)21-14(16-10)22-5-3-4-20-13(15)18/h6-7H,3-5H2,1-2H3,(H2,15,18). The van der Waals surface area contributed by atoms with Gasteiger partial charge in [-0.05, 0) is 25.0 Å². The Morgan fingerprint density at radius 3 is 2.91 bits per heavy atom. The molecule has 0 aliphatic heterocycles. The van der Waals surface area contributed by atoms with Crippen molar-refractivity contribution in [3.8, 4) is 5.75 Å². The third kappa shape index (κ3) is 3.91. The minimum atomic E-state index is -0.803. The molecule has 0 radical (unpaired) electrons. The van der Waals surface area contributed by atoms with Crippen molar-refractivity contribution in [1.82, 2.24) is 4.98 Å². The van der Waals surface area contributed by atoms with Gasteiger partial charge in [0.1, 0.15) is 5.75 Å². The van der Waals surface area contributed by atoms with Gasteiger partial charge < -0.3 is 19.6 Å². The van der Waals surface area contributed by atoms with Crippen LogP contribution in [0.25, 0.3) is 10.9 Å². The minimum absolute atomic E-state index is 0.215. The average Bonchev–Trinajstić information content (AvgIpc) is 2.45. The number of carbonyl (C=O) groups excluding carboxylic acids is 1. The van der Waals surface area contributed by atoms with Gasteiger partial charge in [0.15, 0.2) is 0 Å². The minimum Gasteiger partial charge on any atom is -0.497 e. The van der Waals surface area contributed by atoms with Gasteiger partial charge in [-0.2, -0.15) is 0 Å². The number of aromatic nitrogens is 1. The van der Waals surface area contributed by atoms with Crippen molar-refractivity contribution in [1.29, 1.82) is 0 Å². The van der Waals surface area contributed by atoms with Gasteiger partial charge in [-0.15, -0.1) is 0 Å². The highest BCUT2D eigenvalue weighted by Gasteiger charge is 2.11. The second-order valence-corrected chi connectivity index (χ2v) is 5.52. The van der Waals surface area contributed by atoms with Gasteiger partial charge in [0.25, 0.3) is 5.22 Å². The number of nitrogens with two attached hydrogens (primary N) is 1. The van der Waals surface area contributed by atoms with Gasteiger partial charge >= 0.3 is 11.7 Å². The molecule has 0 saturated carbocycles. The van der Waals surface area contributed by atoms with E-state index in [1.807, 2.05) is 0 Å². The summed E-state index contributed by atoms with van der Waals surface area (Å²) in [5, 5.41) is 0.714. The Hall–Kier alpha value is -2.22. The highest BCUT2D eigenvalue weighted by atomic mass is 32.2. The van der Waals surface area contributed by atoms with Crippen molar-refractivity contribution < 1.29 is 18.7 Å². The first kappa shape index (κ1) is 16.2. The molecule has 118 valence electrons. The Kier molecular flexibility index (Phi) is 5.26. The summed E-state index contributed by atoms with van der Waals surface area (Å²) in [4.78, 5) is 26.8. The molecule has 0 fully saturated rings. The maximum absolute atomic E-state index is 12.1. The van der Waals surface area contributed by atoms with Crippen molar-refractivity contribution in [2.75, 3.05) is 19.5 Å². The fraction of sp³-hybridized carbons (Fsp3) is 0.357. The van der Waals surface area contributed by atoms with Crippen LogP contribution in [0.5, 0.6) is 5.75 Å². The molecular weight excluding hydrogens is 308 g/mol. The van der Waals surface area contributed by atoms with Crippen molar-refractivity contribution >= 4 is 28.8 Å². The van der Waals surface area contributed by atoms with Crippen LogP contribution in [0, 0.1) is 6.92 Å². The summed E-state index contributed by atoms with van der Waals surface area (Å²) in [6.45, 7) is 2.02. The molecule has 8 heteroatoms. The molecule has 0 saturated heterocycles. The number of hydrogen-bond donors (Lipinski definition) is 1. The van der Waals surface area contributed by atoms with E-state index in [0.717, 1.165) is 5.56 Å². The molecule has 2 aromatic rings. The monoisotopic (exact) mass is 324 g/mol. The van der Waals surface area contributed by atoms with E-state index in [1.165, 1.54) is 11.8 Å². The summed E-state index contributed by atoms with van der Waals surface area (Å²) < 4.78 is 15.0. The smallest absolute Gasteiger partial charge is 0.404 e. The fourth-order valence-corrected chi connectivity index (χ4v) is 2.65. The van der Waals surface area contributed by atoms with Gasteiger partial charge in [-0.1, -0.05) is 11.8 Å². The van der Waals surface area contributed by atoms with Crippen LogP contribution in [0.3, 0.4) is 0 Å². The summed E-state index contributed by atoms with van der Waals surface area (Å²) in [6, 6.07) is 3.45. The maximum atomic E-state index is 12.1. The van der Waals surface area contributed by atoms with Crippen LogP contribution in [0.2, 0.25) is 0 Å². The van der Waals surface area contributed by atoms with E-state index in [1.54, 1.807) is 26.2 Å². The Morgan fingerprint density at radius 1 is 1.45 bits per heavy atom. The molecule has 1 aromatic carbocycles. The number of nitrogens with zero attached hydrogens (tertiary/aromatic N) is 1. The third-order valence-electron chi connectivity index (χ3n) is 2.88. The van der Waals surface area contributed by atoms with E-state index in [0.29, 0.717) is 28.8 Å². The van der Waals surface area contributed by atoms with Gasteiger partial charge in [-0.3, -0.25) is 0 Å². The van der Waals surface area contributed by atoms with E-state index in [2.05, 4.69) is 9.72 Å². The second-order valence-electron chi connectivity index (χ2n) is 4.48. The Morgan fingerprint density at radius 2 is 2.23 bits per heavy atom. The molecule has 0 aliphatic rings. The summed E-state index contributed by atoms with van der Waals surface area (Å²) in [7, 11) is 1.56. The number of ether oxygens (including phenoxy) is 2. The van der Waals surface area contributed by atoms with Crippen molar-refractivity contribution in [3.63, 3.8) is 0 Å². The number of fused-ring (bicyclic) bond motifs is 1. The lowest BCUT2D eigenvalue weighted by Crippen LogP contribution is -2.14. The largest absolute Gasteiger partial charge is 0.497 e. The number of aryl methyl sites for hydroxylation is 1. The highest BCUT2D eigenvalue weighted by Crippen LogP contribution is 2.24. The van der Waals surface area contributed by atoms with E-state index in [4.69, 9.17) is 14.9 Å². The van der Waals surface area contributed by atoms with Crippen LogP contribution < -0.4 is 16.1 Å². The third-order valence-corrected chi connectivity index (χ3v) is 3.79. The number of amides is 1. The molecule has 0 atom stereocenters. The molecule has 2 rings (SSSR count). The Bertz CT molecular complexity index is 744. The first-order chi connectivity index (χ1) is 10.5. The quantitative estimate of drug-likeness (QED) is 0.640. The molecule has 22 heavy (non-hydrogen) atoms. The lowest BCUT2D eigenvalue weighted by atomic mass is 10.1. The van der Waals surface area contributed by atoms with Crippen LogP contribution in [0.15, 0.2) is 26.6 Å². The predicted molar refractivity (Wildman–Crippen MR) is 82.4 cm³/mol. The van der Waals surface area contributed by atoms with E-state index in [-0.39, 0.29) is 11.8 Å². The van der Waals surface area contributed by atoms with Crippen molar-refractivity contribution in [2.24, 2.45) is 5.73 Å². The zero-order valence-electron chi connectivity index (χ0n) is 12.3. The fourth-order valence-electron chi connectivity index (χ4n) is 1.91. The first-order valence-corrected chi connectivity index (χ1v) is 7.54. The lowest BCUT2D eigenvalue weighted by Gasteiger charge is -2.06. The van der Waals surface area contributed by atoms with Crippen LogP contribution in [0.4, 0.5) is 4.79 Å². The molecule has 2 N–H and O–H groups in total. The number of methoxy groups -OCH3 is 1. The number of thioether (sulfide) groups is 1. The molecule has 1 aromatic heterocycles. The number of rotatable bonds is 6. The van der Waals surface area contributed by atoms with Crippen LogP contribution >= 0.6 is 11.8 Å². The number of benzene rings is 1. The van der Waals surface area contributed by atoms with E-state index >= 15 is 0 Å². The molecule has 1 amide bonds. The van der Waals surface area contributed by atoms with Crippen LogP contribution in [-0.4, -0.2) is 30.5 Å². The Balaban J connectivity index is 2.15. The molecule has 0 bridgehead atoms. The molecule has 1 heterocycles. The average molecular weight is 324 g/mol. The van der Waals surface area contributed by atoms with Gasteiger partial charge in [0, 0.05) is 11.8 Å². The van der Waals surface area contributed by atoms with Crippen molar-refractivity contribution in [2.45, 2.75) is 18.6 Å². The van der Waals surface area contributed by atoms with E-state index in [9.17, 15) is 9.59 Å². The molecule has 0 unspecified atom stereocenters. The van der Waals surface area contributed by atoms with Crippen molar-refractivity contribution in [3.05, 3.63) is 28.1 Å². The summed E-state index contributed by atoms with van der Waals surface area (Å²) in [5.74, 6) is 1.21. The SMILES string of the molecule is COc1cc(C)c2c(=O)oc(SCCCOC(N)=O)nc2c1. The predicted octanol–water partition coefficient (Wildman–Crippen LogP) is 2.08. The summed E-state index contributed by atoms with van der Waals surface area (Å²) in [5.41, 5.74) is 5.71. The van der Waals surface area contributed by atoms with Gasteiger partial charge in [0.05, 0.1) is 24.6 Å². The summed E-state index contributed by atoms with van der Waals surface area (Å²) >= 11 is 1.27. The molecule has 0 aliphatic carbocycles. The zero-order chi connectivity index (χ0) is 16.1. The normalized spacial score (nSPS) is 10.6. The Labute approximate surface area is 130 Å². The number of primary amides is 1. The lowest BCUT2D eigenvalue weighted by molar-refractivity contribution is 0.157. The molecule has 0 spiro atoms. The highest BCUT2D eigenvalue weighted by molar-refractivity contribution is 7.99. The molecule has 7 nitrogen and oxygen atoms in total. The van der Waals surface area contributed by atoms with Crippen LogP contribution in [-0.2, 0) is 4.74 Å². The number of hydrogen-bond acceptors (Lipinski definition) is 7. The second kappa shape index (κ2) is 7.17. The van der Waals surface area contributed by atoms with Crippen LogP contribution in [0.1, 0.15) is 12.0 Å². The zero-order valence-corrected chi connectivity index (χ0v) is 13.1. The molecular formula is C14H16N2O5S. The topological polar surface area (TPSA) is 105 Å². The first-order valence-electron chi connectivity index (χ1n) is 6.56. The number of carbonyl (C=O) groups is 1. The van der Waals surface area contributed by atoms with Gasteiger partial charge in [-0.25, -0.2) is 14.6 Å².